The molecule has 4 N–H and O–H groups in total. The van der Waals surface area contributed by atoms with Gasteiger partial charge in [0.1, 0.15) is 0 Å². The van der Waals surface area contributed by atoms with Crippen molar-refractivity contribution in [2.24, 2.45) is 0 Å². The lowest BCUT2D eigenvalue weighted by Gasteiger charge is -2.17. The number of nitrogens with two attached hydrogens (primary N) is 1. The SMILES string of the molecule is C=CNCC(=O)N1CCc2cc(N)ccc21.C=N. The zero-order chi connectivity index (χ0) is 13.5. The van der Waals surface area contributed by atoms with E-state index in [1.54, 1.807) is 4.90 Å². The number of nitrogen functional groups attached to an aromatic ring is 1. The van der Waals surface area contributed by atoms with E-state index in [9.17, 15) is 4.79 Å². The maximum atomic E-state index is 11.8. The van der Waals surface area contributed by atoms with Crippen LogP contribution in [0.15, 0.2) is 31.0 Å². The average molecular weight is 246 g/mol. The molecule has 1 aliphatic rings. The third-order valence-corrected chi connectivity index (χ3v) is 2.70. The van der Waals surface area contributed by atoms with Gasteiger partial charge in [0.05, 0.1) is 6.54 Å². The molecule has 1 amide bonds. The molecule has 1 aliphatic heterocycles. The summed E-state index contributed by atoms with van der Waals surface area (Å²) < 4.78 is 0. The van der Waals surface area contributed by atoms with Gasteiger partial charge in [-0.3, -0.25) is 4.79 Å². The maximum absolute atomic E-state index is 11.8. The predicted octanol–water partition coefficient (Wildman–Crippen LogP) is 1.16. The highest BCUT2D eigenvalue weighted by Crippen LogP contribution is 2.29. The van der Waals surface area contributed by atoms with E-state index in [4.69, 9.17) is 11.1 Å². The molecule has 18 heavy (non-hydrogen) atoms. The zero-order valence-corrected chi connectivity index (χ0v) is 10.3. The van der Waals surface area contributed by atoms with Crippen molar-refractivity contribution < 1.29 is 4.79 Å². The third-order valence-electron chi connectivity index (χ3n) is 2.70. The first-order valence-corrected chi connectivity index (χ1v) is 5.61. The quantitative estimate of drug-likeness (QED) is 0.553. The van der Waals surface area contributed by atoms with Crippen LogP contribution in [0, 0.1) is 5.41 Å². The van der Waals surface area contributed by atoms with E-state index in [0.29, 0.717) is 0 Å². The van der Waals surface area contributed by atoms with E-state index in [0.717, 1.165) is 29.9 Å². The predicted molar refractivity (Wildman–Crippen MR) is 75.0 cm³/mol. The lowest BCUT2D eigenvalue weighted by molar-refractivity contribution is -0.117. The molecule has 2 rings (SSSR count). The van der Waals surface area contributed by atoms with Gasteiger partial charge in [-0.2, -0.15) is 0 Å². The minimum absolute atomic E-state index is 0.0587. The van der Waals surface area contributed by atoms with Crippen LogP contribution < -0.4 is 16.0 Å². The number of carbonyl (C=O) groups is 1. The van der Waals surface area contributed by atoms with Gasteiger partial charge in [0.25, 0.3) is 0 Å². The topological polar surface area (TPSA) is 82.2 Å². The molecule has 0 spiro atoms. The first-order valence-electron chi connectivity index (χ1n) is 5.61. The van der Waals surface area contributed by atoms with Crippen LogP contribution in [-0.4, -0.2) is 25.7 Å². The number of amides is 1. The molecule has 0 radical (unpaired) electrons. The van der Waals surface area contributed by atoms with E-state index in [2.05, 4.69) is 18.6 Å². The molecule has 5 nitrogen and oxygen atoms in total. The summed E-state index contributed by atoms with van der Waals surface area (Å²) in [7, 11) is 0. The summed E-state index contributed by atoms with van der Waals surface area (Å²) in [6.07, 6.45) is 2.40. The minimum atomic E-state index is 0.0587. The van der Waals surface area contributed by atoms with Crippen LogP contribution >= 0.6 is 0 Å². The van der Waals surface area contributed by atoms with E-state index in [1.807, 2.05) is 18.2 Å². The van der Waals surface area contributed by atoms with E-state index >= 15 is 0 Å². The third kappa shape index (κ3) is 2.88. The molecule has 1 aromatic rings. The van der Waals surface area contributed by atoms with Gasteiger partial charge in [0.15, 0.2) is 0 Å². The Balaban J connectivity index is 0.000000771. The van der Waals surface area contributed by atoms with Crippen LogP contribution in [0.5, 0.6) is 0 Å². The van der Waals surface area contributed by atoms with E-state index in [1.165, 1.54) is 6.20 Å². The molecule has 0 saturated carbocycles. The van der Waals surface area contributed by atoms with Crippen molar-refractivity contribution in [3.05, 3.63) is 36.5 Å². The zero-order valence-electron chi connectivity index (χ0n) is 10.3. The Hall–Kier alpha value is -2.30. The minimum Gasteiger partial charge on any atom is -0.399 e. The molecular formula is C13H18N4O. The highest BCUT2D eigenvalue weighted by molar-refractivity contribution is 5.97. The molecule has 1 heterocycles. The summed E-state index contributed by atoms with van der Waals surface area (Å²) in [6.45, 7) is 7.03. The number of carbonyl (C=O) groups excluding carboxylic acids is 1. The Kier molecular flexibility index (Phi) is 4.92. The van der Waals surface area contributed by atoms with Gasteiger partial charge in [0.2, 0.25) is 5.91 Å². The molecular weight excluding hydrogens is 228 g/mol. The van der Waals surface area contributed by atoms with Crippen molar-refractivity contribution in [1.82, 2.24) is 5.32 Å². The van der Waals surface area contributed by atoms with Gasteiger partial charge in [-0.05, 0) is 43.1 Å². The van der Waals surface area contributed by atoms with Crippen LogP contribution in [-0.2, 0) is 11.2 Å². The number of hydrogen-bond acceptors (Lipinski definition) is 4. The normalized spacial score (nSPS) is 12.1. The number of anilines is 2. The largest absolute Gasteiger partial charge is 0.399 e. The van der Waals surface area contributed by atoms with Crippen LogP contribution in [0.4, 0.5) is 11.4 Å². The number of rotatable bonds is 3. The lowest BCUT2D eigenvalue weighted by Crippen LogP contribution is -2.35. The van der Waals surface area contributed by atoms with Gasteiger partial charge < -0.3 is 21.4 Å². The number of fused-ring (bicyclic) bond motifs is 1. The summed E-state index contributed by atoms with van der Waals surface area (Å²) in [4.78, 5) is 13.6. The first kappa shape index (κ1) is 13.8. The second-order valence-electron chi connectivity index (χ2n) is 3.77. The molecule has 1 aromatic carbocycles. The highest BCUT2D eigenvalue weighted by Gasteiger charge is 2.23. The van der Waals surface area contributed by atoms with Crippen molar-refractivity contribution in [2.45, 2.75) is 6.42 Å². The summed E-state index contributed by atoms with van der Waals surface area (Å²) in [5.41, 5.74) is 8.57. The lowest BCUT2D eigenvalue weighted by atomic mass is 10.1. The molecule has 5 heteroatoms. The van der Waals surface area contributed by atoms with Gasteiger partial charge >= 0.3 is 0 Å². The van der Waals surface area contributed by atoms with Crippen LogP contribution in [0.3, 0.4) is 0 Å². The Bertz CT molecular complexity index is 445. The van der Waals surface area contributed by atoms with Gasteiger partial charge in [-0.25, -0.2) is 0 Å². The average Bonchev–Trinajstić information content (AvgIpc) is 2.81. The molecule has 0 aliphatic carbocycles. The Morgan fingerprint density at radius 1 is 1.56 bits per heavy atom. The molecule has 0 aromatic heterocycles. The molecule has 0 fully saturated rings. The summed E-state index contributed by atoms with van der Waals surface area (Å²) in [6, 6.07) is 5.67. The van der Waals surface area contributed by atoms with Gasteiger partial charge in [-0.15, -0.1) is 0 Å². The standard InChI is InChI=1S/C12H15N3O.CH3N/c1-2-14-8-12(16)15-6-5-9-7-10(13)3-4-11(9)15;1-2/h2-4,7,14H,1,5-6,8,13H2;2H,1H2. The second-order valence-corrected chi connectivity index (χ2v) is 3.77. The highest BCUT2D eigenvalue weighted by atomic mass is 16.2. The van der Waals surface area contributed by atoms with Crippen LogP contribution in [0.1, 0.15) is 5.56 Å². The fourth-order valence-corrected chi connectivity index (χ4v) is 1.94. The van der Waals surface area contributed by atoms with Crippen LogP contribution in [0.2, 0.25) is 0 Å². The molecule has 0 bridgehead atoms. The number of hydrogen-bond donors (Lipinski definition) is 3. The number of nitrogens with zero attached hydrogens (tertiary/aromatic N) is 1. The number of benzene rings is 1. The molecule has 0 unspecified atom stereocenters. The van der Waals surface area contributed by atoms with E-state index < -0.39 is 0 Å². The fraction of sp³-hybridized carbons (Fsp3) is 0.231. The van der Waals surface area contributed by atoms with Crippen molar-refractivity contribution in [1.29, 1.82) is 5.41 Å². The van der Waals surface area contributed by atoms with Crippen molar-refractivity contribution in [3.8, 4) is 0 Å². The van der Waals surface area contributed by atoms with Crippen molar-refractivity contribution in [3.63, 3.8) is 0 Å². The molecule has 0 atom stereocenters. The summed E-state index contributed by atoms with van der Waals surface area (Å²) in [5.74, 6) is 0.0587. The second kappa shape index (κ2) is 6.44. The van der Waals surface area contributed by atoms with Crippen molar-refractivity contribution >= 4 is 24.0 Å². The molecule has 96 valence electrons. The van der Waals surface area contributed by atoms with Gasteiger partial charge in [0, 0.05) is 17.9 Å². The maximum Gasteiger partial charge on any atom is 0.246 e. The Labute approximate surface area is 107 Å². The smallest absolute Gasteiger partial charge is 0.246 e. The monoisotopic (exact) mass is 246 g/mol. The van der Waals surface area contributed by atoms with Crippen molar-refractivity contribution in [2.75, 3.05) is 23.7 Å². The molecule has 0 saturated heterocycles. The van der Waals surface area contributed by atoms with Crippen LogP contribution in [0.25, 0.3) is 0 Å². The summed E-state index contributed by atoms with van der Waals surface area (Å²) in [5, 5.41) is 8.32. The summed E-state index contributed by atoms with van der Waals surface area (Å²) >= 11 is 0. The fourth-order valence-electron chi connectivity index (χ4n) is 1.94. The van der Waals surface area contributed by atoms with E-state index in [-0.39, 0.29) is 12.5 Å². The van der Waals surface area contributed by atoms with Gasteiger partial charge in [-0.1, -0.05) is 6.58 Å². The number of nitrogens with one attached hydrogen (secondary N) is 2. The Morgan fingerprint density at radius 3 is 2.94 bits per heavy atom. The Morgan fingerprint density at radius 2 is 2.28 bits per heavy atom. The first-order chi connectivity index (χ1) is 8.72.